The van der Waals surface area contributed by atoms with Crippen LogP contribution in [-0.2, 0) is 12.8 Å². The number of rotatable bonds is 3. The normalized spacial score (nSPS) is 14.4. The van der Waals surface area contributed by atoms with Gasteiger partial charge in [0.05, 0.1) is 19.1 Å². The smallest absolute Gasteiger partial charge is 0.184 e. The summed E-state index contributed by atoms with van der Waals surface area (Å²) >= 11 is 0. The molecular formula is C25H26O7. The second-order valence-corrected chi connectivity index (χ2v) is 7.78. The molecule has 168 valence electrons. The molecule has 0 saturated carbocycles. The fourth-order valence-electron chi connectivity index (χ4n) is 3.44. The van der Waals surface area contributed by atoms with Gasteiger partial charge in [0.1, 0.15) is 28.7 Å². The molecule has 0 saturated heterocycles. The Morgan fingerprint density at radius 2 is 1.75 bits per heavy atom. The molecule has 1 aliphatic rings. The molecule has 0 fully saturated rings. The number of phenols is 4. The average molecular weight is 438 g/mol. The van der Waals surface area contributed by atoms with Crippen LogP contribution in [0.25, 0.3) is 0 Å². The largest absolute Gasteiger partial charge is 0.508 e. The van der Waals surface area contributed by atoms with E-state index in [9.17, 15) is 25.2 Å². The Labute approximate surface area is 185 Å². The van der Waals surface area contributed by atoms with E-state index in [1.165, 1.54) is 36.8 Å². The standard InChI is InChI=1S/C20H22O5.C5H4O2/c1-11(2)3-4-15-17(22)6-5-14(20(15)24)12-7-16-18(23)8-13(21)9-19(16)25-10-12;6-5-1-3-7-4-2-5/h3,5-6,8-9,12,21-24H,4,7,10H2,1-2H3;1-4H/t12-;/m1./s1. The summed E-state index contributed by atoms with van der Waals surface area (Å²) in [4.78, 5) is 10.2. The van der Waals surface area contributed by atoms with Crippen molar-refractivity contribution in [3.63, 3.8) is 0 Å². The molecule has 1 atom stereocenters. The third-order valence-corrected chi connectivity index (χ3v) is 5.13. The Bertz CT molecular complexity index is 1160. The highest BCUT2D eigenvalue weighted by atomic mass is 16.5. The van der Waals surface area contributed by atoms with Gasteiger partial charge in [-0.15, -0.1) is 0 Å². The van der Waals surface area contributed by atoms with Crippen molar-refractivity contribution in [1.29, 1.82) is 0 Å². The second-order valence-electron chi connectivity index (χ2n) is 7.78. The third-order valence-electron chi connectivity index (χ3n) is 5.13. The summed E-state index contributed by atoms with van der Waals surface area (Å²) in [7, 11) is 0. The molecule has 3 aromatic rings. The Kier molecular flexibility index (Phi) is 7.10. The van der Waals surface area contributed by atoms with E-state index in [0.717, 1.165) is 5.57 Å². The van der Waals surface area contributed by atoms with E-state index in [1.54, 1.807) is 12.1 Å². The minimum atomic E-state index is -0.158. The Morgan fingerprint density at radius 3 is 2.38 bits per heavy atom. The molecule has 4 rings (SSSR count). The Balaban J connectivity index is 0.000000352. The minimum absolute atomic E-state index is 0.0220. The minimum Gasteiger partial charge on any atom is -0.508 e. The first-order valence-corrected chi connectivity index (χ1v) is 10.1. The lowest BCUT2D eigenvalue weighted by Gasteiger charge is -2.27. The van der Waals surface area contributed by atoms with Gasteiger partial charge in [-0.05, 0) is 32.8 Å². The summed E-state index contributed by atoms with van der Waals surface area (Å²) in [5.74, 6) is 0.344. The van der Waals surface area contributed by atoms with Crippen molar-refractivity contribution in [2.24, 2.45) is 0 Å². The van der Waals surface area contributed by atoms with Gasteiger partial charge >= 0.3 is 0 Å². The molecule has 32 heavy (non-hydrogen) atoms. The van der Waals surface area contributed by atoms with Crippen molar-refractivity contribution in [3.05, 3.63) is 87.5 Å². The van der Waals surface area contributed by atoms with Crippen molar-refractivity contribution in [3.8, 4) is 28.7 Å². The first-order valence-electron chi connectivity index (χ1n) is 10.1. The molecule has 4 N–H and O–H groups in total. The summed E-state index contributed by atoms with van der Waals surface area (Å²) in [6.07, 6.45) is 5.56. The van der Waals surface area contributed by atoms with Crippen LogP contribution in [0.2, 0.25) is 0 Å². The molecule has 2 aromatic carbocycles. The number of hydrogen-bond acceptors (Lipinski definition) is 7. The Morgan fingerprint density at radius 1 is 1.03 bits per heavy atom. The van der Waals surface area contributed by atoms with Crippen LogP contribution in [0.5, 0.6) is 28.7 Å². The quantitative estimate of drug-likeness (QED) is 0.448. The SMILES string of the molecule is CC(C)=CCc1c(O)ccc([C@H]2COc3cc(O)cc(O)c3C2)c1O.O=c1ccocc1. The van der Waals surface area contributed by atoms with Gasteiger partial charge in [0.15, 0.2) is 5.43 Å². The lowest BCUT2D eigenvalue weighted by atomic mass is 9.87. The zero-order valence-electron chi connectivity index (χ0n) is 17.9. The van der Waals surface area contributed by atoms with E-state index < -0.39 is 0 Å². The fourth-order valence-corrected chi connectivity index (χ4v) is 3.44. The third kappa shape index (κ3) is 5.43. The molecule has 0 bridgehead atoms. The molecule has 0 unspecified atom stereocenters. The highest BCUT2D eigenvalue weighted by Crippen LogP contribution is 2.43. The zero-order valence-corrected chi connectivity index (χ0v) is 17.9. The maximum atomic E-state index is 10.6. The first kappa shape index (κ1) is 22.8. The molecule has 0 aliphatic carbocycles. The average Bonchev–Trinajstić information content (AvgIpc) is 2.74. The molecule has 1 aromatic heterocycles. The topological polar surface area (TPSA) is 120 Å². The van der Waals surface area contributed by atoms with Crippen LogP contribution >= 0.6 is 0 Å². The first-order chi connectivity index (χ1) is 15.3. The van der Waals surface area contributed by atoms with Crippen LogP contribution < -0.4 is 10.2 Å². The number of aromatic hydroxyl groups is 4. The Hall–Kier alpha value is -3.87. The van der Waals surface area contributed by atoms with Crippen LogP contribution in [0.15, 0.2) is 69.8 Å². The predicted octanol–water partition coefficient (Wildman–Crippen LogP) is 4.38. The summed E-state index contributed by atoms with van der Waals surface area (Å²) in [6.45, 7) is 4.24. The van der Waals surface area contributed by atoms with Crippen LogP contribution in [0, 0.1) is 0 Å². The van der Waals surface area contributed by atoms with Crippen molar-refractivity contribution in [2.75, 3.05) is 6.61 Å². The zero-order chi connectivity index (χ0) is 23.3. The van der Waals surface area contributed by atoms with Crippen molar-refractivity contribution in [1.82, 2.24) is 0 Å². The van der Waals surface area contributed by atoms with Gasteiger partial charge in [-0.1, -0.05) is 17.7 Å². The van der Waals surface area contributed by atoms with Gasteiger partial charge < -0.3 is 29.6 Å². The molecule has 7 nitrogen and oxygen atoms in total. The van der Waals surface area contributed by atoms with Gasteiger partial charge in [0.25, 0.3) is 0 Å². The van der Waals surface area contributed by atoms with Crippen LogP contribution in [-0.4, -0.2) is 27.0 Å². The summed E-state index contributed by atoms with van der Waals surface area (Å²) < 4.78 is 10.2. The van der Waals surface area contributed by atoms with Gasteiger partial charge in [-0.3, -0.25) is 4.79 Å². The number of ether oxygens (including phenoxy) is 1. The van der Waals surface area contributed by atoms with E-state index in [2.05, 4.69) is 4.42 Å². The van der Waals surface area contributed by atoms with E-state index in [-0.39, 0.29) is 34.3 Å². The highest BCUT2D eigenvalue weighted by molar-refractivity contribution is 5.55. The summed E-state index contributed by atoms with van der Waals surface area (Å²) in [5.41, 5.74) is 2.84. The van der Waals surface area contributed by atoms with E-state index in [0.29, 0.717) is 41.9 Å². The highest BCUT2D eigenvalue weighted by Gasteiger charge is 2.27. The lowest BCUT2D eigenvalue weighted by Crippen LogP contribution is -2.19. The van der Waals surface area contributed by atoms with Crippen molar-refractivity contribution < 1.29 is 29.6 Å². The monoisotopic (exact) mass is 438 g/mol. The summed E-state index contributed by atoms with van der Waals surface area (Å²) in [6, 6.07) is 8.74. The second kappa shape index (κ2) is 9.96. The molecule has 0 spiro atoms. The van der Waals surface area contributed by atoms with Crippen LogP contribution in [0.1, 0.15) is 36.5 Å². The molecule has 7 heteroatoms. The van der Waals surface area contributed by atoms with Gasteiger partial charge in [0, 0.05) is 46.9 Å². The van der Waals surface area contributed by atoms with Gasteiger partial charge in [-0.25, -0.2) is 0 Å². The molecule has 1 aliphatic heterocycles. The molecular weight excluding hydrogens is 412 g/mol. The van der Waals surface area contributed by atoms with Gasteiger partial charge in [0.2, 0.25) is 0 Å². The summed E-state index contributed by atoms with van der Waals surface area (Å²) in [5, 5.41) is 40.3. The number of benzene rings is 2. The lowest BCUT2D eigenvalue weighted by molar-refractivity contribution is 0.254. The fraction of sp³-hybridized carbons (Fsp3) is 0.240. The number of fused-ring (bicyclic) bond motifs is 1. The number of phenolic OH excluding ortho intramolecular Hbond substituents is 4. The van der Waals surface area contributed by atoms with E-state index >= 15 is 0 Å². The van der Waals surface area contributed by atoms with Crippen LogP contribution in [0.4, 0.5) is 0 Å². The van der Waals surface area contributed by atoms with Crippen molar-refractivity contribution >= 4 is 0 Å². The molecule has 0 radical (unpaired) electrons. The maximum absolute atomic E-state index is 10.6. The van der Waals surface area contributed by atoms with E-state index in [4.69, 9.17) is 4.74 Å². The predicted molar refractivity (Wildman–Crippen MR) is 120 cm³/mol. The maximum Gasteiger partial charge on any atom is 0.184 e. The van der Waals surface area contributed by atoms with E-state index in [1.807, 2.05) is 19.9 Å². The van der Waals surface area contributed by atoms with Crippen LogP contribution in [0.3, 0.4) is 0 Å². The molecule has 2 heterocycles. The van der Waals surface area contributed by atoms with Gasteiger partial charge in [-0.2, -0.15) is 0 Å². The molecule has 0 amide bonds. The number of hydrogen-bond donors (Lipinski definition) is 4. The van der Waals surface area contributed by atoms with Crippen molar-refractivity contribution in [2.45, 2.75) is 32.6 Å². The number of allylic oxidation sites excluding steroid dienone is 2.